The lowest BCUT2D eigenvalue weighted by Gasteiger charge is -2.32. The standard InChI is InChI=1S/C23H21ClN6O2/c24-18-8-6-16(7-9-18)14-21(31)29-12-10-19(11-13-29)30-15-20(26-28-30)23-25-22(27-32-23)17-4-2-1-3-5-17/h1-9,15,19H,10-14H2. The van der Waals surface area contributed by atoms with Crippen LogP contribution in [-0.4, -0.2) is 49.0 Å². The largest absolute Gasteiger partial charge is 0.342 e. The molecular formula is C23H21ClN6O2. The Morgan fingerprint density at radius 3 is 2.56 bits per heavy atom. The van der Waals surface area contributed by atoms with Gasteiger partial charge in [0.25, 0.3) is 5.89 Å². The Labute approximate surface area is 189 Å². The summed E-state index contributed by atoms with van der Waals surface area (Å²) in [7, 11) is 0. The zero-order chi connectivity index (χ0) is 21.9. The first kappa shape index (κ1) is 20.4. The van der Waals surface area contributed by atoms with Gasteiger partial charge in [-0.15, -0.1) is 5.10 Å². The molecule has 32 heavy (non-hydrogen) atoms. The van der Waals surface area contributed by atoms with E-state index in [1.165, 1.54) is 0 Å². The van der Waals surface area contributed by atoms with Gasteiger partial charge in [0, 0.05) is 23.7 Å². The van der Waals surface area contributed by atoms with Crippen molar-refractivity contribution in [3.05, 3.63) is 71.4 Å². The van der Waals surface area contributed by atoms with Gasteiger partial charge in [0.05, 0.1) is 18.7 Å². The van der Waals surface area contributed by atoms with Crippen LogP contribution in [0.15, 0.2) is 65.3 Å². The molecule has 1 aliphatic heterocycles. The Bertz CT molecular complexity index is 1200. The van der Waals surface area contributed by atoms with E-state index in [0.29, 0.717) is 41.9 Å². The lowest BCUT2D eigenvalue weighted by Crippen LogP contribution is -2.40. The third-order valence-electron chi connectivity index (χ3n) is 5.65. The molecule has 0 unspecified atom stereocenters. The number of piperidine rings is 1. The van der Waals surface area contributed by atoms with Crippen molar-refractivity contribution in [3.8, 4) is 23.0 Å². The van der Waals surface area contributed by atoms with E-state index in [9.17, 15) is 4.79 Å². The number of hydrogen-bond acceptors (Lipinski definition) is 6. The number of likely N-dealkylation sites (tertiary alicyclic amines) is 1. The average Bonchev–Trinajstić information content (AvgIpc) is 3.51. The van der Waals surface area contributed by atoms with Crippen LogP contribution in [0.3, 0.4) is 0 Å². The Morgan fingerprint density at radius 2 is 1.81 bits per heavy atom. The van der Waals surface area contributed by atoms with Crippen molar-refractivity contribution in [2.45, 2.75) is 25.3 Å². The molecule has 8 nitrogen and oxygen atoms in total. The molecule has 0 aliphatic carbocycles. The number of carbonyl (C=O) groups excluding carboxylic acids is 1. The van der Waals surface area contributed by atoms with Gasteiger partial charge in [-0.25, -0.2) is 4.68 Å². The van der Waals surface area contributed by atoms with Gasteiger partial charge < -0.3 is 9.42 Å². The summed E-state index contributed by atoms with van der Waals surface area (Å²) < 4.78 is 7.22. The summed E-state index contributed by atoms with van der Waals surface area (Å²) in [5.41, 5.74) is 2.39. The first-order chi connectivity index (χ1) is 15.7. The third kappa shape index (κ3) is 4.40. The zero-order valence-corrected chi connectivity index (χ0v) is 18.0. The normalized spacial score (nSPS) is 14.6. The second-order valence-electron chi connectivity index (χ2n) is 7.79. The van der Waals surface area contributed by atoms with Crippen LogP contribution in [-0.2, 0) is 11.2 Å². The summed E-state index contributed by atoms with van der Waals surface area (Å²) in [6.45, 7) is 1.37. The van der Waals surface area contributed by atoms with Crippen molar-refractivity contribution in [2.24, 2.45) is 0 Å². The summed E-state index contributed by atoms with van der Waals surface area (Å²) in [6.07, 6.45) is 3.84. The van der Waals surface area contributed by atoms with E-state index in [1.807, 2.05) is 70.4 Å². The average molecular weight is 449 g/mol. The number of nitrogens with zero attached hydrogens (tertiary/aromatic N) is 6. The van der Waals surface area contributed by atoms with Crippen LogP contribution in [0.4, 0.5) is 0 Å². The second kappa shape index (κ2) is 8.92. The van der Waals surface area contributed by atoms with E-state index in [0.717, 1.165) is 24.0 Å². The fraction of sp³-hybridized carbons (Fsp3) is 0.261. The highest BCUT2D eigenvalue weighted by atomic mass is 35.5. The van der Waals surface area contributed by atoms with Crippen molar-refractivity contribution in [2.75, 3.05) is 13.1 Å². The van der Waals surface area contributed by atoms with E-state index >= 15 is 0 Å². The highest BCUT2D eigenvalue weighted by Gasteiger charge is 2.25. The van der Waals surface area contributed by atoms with Gasteiger partial charge in [0.2, 0.25) is 11.7 Å². The molecule has 0 atom stereocenters. The topological polar surface area (TPSA) is 89.9 Å². The van der Waals surface area contributed by atoms with Crippen LogP contribution in [0.5, 0.6) is 0 Å². The molecule has 0 spiro atoms. The van der Waals surface area contributed by atoms with Crippen molar-refractivity contribution in [1.29, 1.82) is 0 Å². The minimum absolute atomic E-state index is 0.129. The zero-order valence-electron chi connectivity index (χ0n) is 17.3. The molecule has 1 saturated heterocycles. The van der Waals surface area contributed by atoms with E-state index < -0.39 is 0 Å². The quantitative estimate of drug-likeness (QED) is 0.457. The van der Waals surface area contributed by atoms with Crippen LogP contribution in [0.2, 0.25) is 5.02 Å². The van der Waals surface area contributed by atoms with E-state index in [4.69, 9.17) is 16.1 Å². The first-order valence-electron chi connectivity index (χ1n) is 10.5. The van der Waals surface area contributed by atoms with Gasteiger partial charge in [-0.2, -0.15) is 4.98 Å². The summed E-state index contributed by atoms with van der Waals surface area (Å²) in [5, 5.41) is 13.2. The fourth-order valence-corrected chi connectivity index (χ4v) is 3.98. The van der Waals surface area contributed by atoms with Gasteiger partial charge in [-0.1, -0.05) is 64.4 Å². The number of hydrogen-bond donors (Lipinski definition) is 0. The molecule has 9 heteroatoms. The molecule has 2 aromatic heterocycles. The van der Waals surface area contributed by atoms with E-state index in [2.05, 4.69) is 20.5 Å². The van der Waals surface area contributed by atoms with Crippen LogP contribution in [0.1, 0.15) is 24.4 Å². The molecule has 0 bridgehead atoms. The van der Waals surface area contributed by atoms with Crippen molar-refractivity contribution < 1.29 is 9.32 Å². The van der Waals surface area contributed by atoms with Gasteiger partial charge >= 0.3 is 0 Å². The Morgan fingerprint density at radius 1 is 1.06 bits per heavy atom. The molecule has 0 saturated carbocycles. The fourth-order valence-electron chi connectivity index (χ4n) is 3.85. The summed E-state index contributed by atoms with van der Waals surface area (Å²) in [4.78, 5) is 19.0. The molecule has 5 rings (SSSR count). The monoisotopic (exact) mass is 448 g/mol. The maximum Gasteiger partial charge on any atom is 0.280 e. The molecule has 1 aliphatic rings. The van der Waals surface area contributed by atoms with Gasteiger partial charge in [0.1, 0.15) is 0 Å². The molecule has 0 N–H and O–H groups in total. The maximum absolute atomic E-state index is 12.6. The van der Waals surface area contributed by atoms with Gasteiger partial charge in [-0.05, 0) is 30.5 Å². The smallest absolute Gasteiger partial charge is 0.280 e. The molecule has 162 valence electrons. The molecular weight excluding hydrogens is 428 g/mol. The molecule has 2 aromatic carbocycles. The summed E-state index contributed by atoms with van der Waals surface area (Å²) in [6, 6.07) is 17.2. The second-order valence-corrected chi connectivity index (χ2v) is 8.22. The summed E-state index contributed by atoms with van der Waals surface area (Å²) in [5.74, 6) is 0.984. The van der Waals surface area contributed by atoms with Crippen molar-refractivity contribution >= 4 is 17.5 Å². The first-order valence-corrected chi connectivity index (χ1v) is 10.9. The Balaban J connectivity index is 1.19. The van der Waals surface area contributed by atoms with Gasteiger partial charge in [-0.3, -0.25) is 4.79 Å². The lowest BCUT2D eigenvalue weighted by molar-refractivity contribution is -0.131. The van der Waals surface area contributed by atoms with Crippen molar-refractivity contribution in [1.82, 2.24) is 30.0 Å². The third-order valence-corrected chi connectivity index (χ3v) is 5.90. The predicted molar refractivity (Wildman–Crippen MR) is 119 cm³/mol. The van der Waals surface area contributed by atoms with Crippen molar-refractivity contribution in [3.63, 3.8) is 0 Å². The molecule has 0 radical (unpaired) electrons. The van der Waals surface area contributed by atoms with Crippen LogP contribution < -0.4 is 0 Å². The number of amides is 1. The minimum atomic E-state index is 0.129. The SMILES string of the molecule is O=C(Cc1ccc(Cl)cc1)N1CCC(n2cc(-c3nc(-c4ccccc4)no3)nn2)CC1. The molecule has 4 aromatic rings. The van der Waals surface area contributed by atoms with E-state index in [-0.39, 0.29) is 11.9 Å². The highest BCUT2D eigenvalue weighted by molar-refractivity contribution is 6.30. The van der Waals surface area contributed by atoms with Gasteiger partial charge in [0.15, 0.2) is 5.69 Å². The lowest BCUT2D eigenvalue weighted by atomic mass is 10.0. The number of halogens is 1. The highest BCUT2D eigenvalue weighted by Crippen LogP contribution is 2.25. The van der Waals surface area contributed by atoms with Crippen LogP contribution in [0.25, 0.3) is 23.0 Å². The number of benzene rings is 2. The Hall–Kier alpha value is -3.52. The Kier molecular flexibility index (Phi) is 5.68. The maximum atomic E-state index is 12.6. The van der Waals surface area contributed by atoms with E-state index in [1.54, 1.807) is 0 Å². The number of rotatable bonds is 5. The predicted octanol–water partition coefficient (Wildman–Crippen LogP) is 4.05. The molecule has 1 amide bonds. The van der Waals surface area contributed by atoms with Crippen LogP contribution in [0, 0.1) is 0 Å². The minimum Gasteiger partial charge on any atom is -0.342 e. The van der Waals surface area contributed by atoms with Crippen LogP contribution >= 0.6 is 11.6 Å². The number of carbonyl (C=O) groups is 1. The summed E-state index contributed by atoms with van der Waals surface area (Å²) >= 11 is 5.92. The molecule has 3 heterocycles. The molecule has 1 fully saturated rings. The number of aromatic nitrogens is 5.